The number of anilines is 1. The molecule has 0 N–H and O–H groups in total. The van der Waals surface area contributed by atoms with Crippen molar-refractivity contribution in [2.24, 2.45) is 0 Å². The minimum Gasteiger partial charge on any atom is -0.286 e. The fraction of sp³-hybridized carbons (Fsp3) is 0.211. The van der Waals surface area contributed by atoms with Crippen LogP contribution in [-0.4, -0.2) is 20.7 Å². The van der Waals surface area contributed by atoms with Gasteiger partial charge in [-0.1, -0.05) is 42.5 Å². The molecule has 5 heteroatoms. The molecule has 0 bridgehead atoms. The first kappa shape index (κ1) is 13.5. The van der Waals surface area contributed by atoms with Gasteiger partial charge in [-0.05, 0) is 19.1 Å². The van der Waals surface area contributed by atoms with E-state index in [1.54, 1.807) is 0 Å². The first-order valence-electron chi connectivity index (χ1n) is 8.14. The highest BCUT2D eigenvalue weighted by molar-refractivity contribution is 6.01. The number of hydrogen-bond donors (Lipinski definition) is 0. The van der Waals surface area contributed by atoms with Crippen LogP contribution < -0.4 is 4.90 Å². The number of carbonyl (C=O) groups excluding carboxylic acids is 1. The van der Waals surface area contributed by atoms with Crippen molar-refractivity contribution in [2.75, 3.05) is 4.90 Å². The quantitative estimate of drug-likeness (QED) is 0.691. The van der Waals surface area contributed by atoms with Crippen molar-refractivity contribution in [3.8, 4) is 22.8 Å². The molecule has 1 atom stereocenters. The molecule has 1 fully saturated rings. The predicted molar refractivity (Wildman–Crippen MR) is 91.3 cm³/mol. The van der Waals surface area contributed by atoms with Crippen LogP contribution in [0.5, 0.6) is 0 Å². The van der Waals surface area contributed by atoms with Crippen LogP contribution in [0, 0.1) is 0 Å². The molecule has 2 aliphatic rings. The fourth-order valence-electron chi connectivity index (χ4n) is 3.82. The van der Waals surface area contributed by atoms with Gasteiger partial charge in [-0.25, -0.2) is 9.67 Å². The summed E-state index contributed by atoms with van der Waals surface area (Å²) in [4.78, 5) is 19.2. The minimum absolute atomic E-state index is 0.146. The van der Waals surface area contributed by atoms with Crippen LogP contribution in [0.25, 0.3) is 22.8 Å². The zero-order valence-corrected chi connectivity index (χ0v) is 13.3. The molecule has 1 saturated heterocycles. The summed E-state index contributed by atoms with van der Waals surface area (Å²) in [6.07, 6.45) is 1.27. The van der Waals surface area contributed by atoms with E-state index in [1.165, 1.54) is 0 Å². The Morgan fingerprint density at radius 3 is 2.62 bits per heavy atom. The second kappa shape index (κ2) is 4.54. The summed E-state index contributed by atoms with van der Waals surface area (Å²) in [5, 5.41) is 4.78. The number of carbonyl (C=O) groups is 1. The number of hydrogen-bond acceptors (Lipinski definition) is 3. The molecule has 0 spiro atoms. The summed E-state index contributed by atoms with van der Waals surface area (Å²) in [6, 6.07) is 17.9. The molecule has 1 amide bonds. The molecule has 5 nitrogen and oxygen atoms in total. The van der Waals surface area contributed by atoms with Crippen molar-refractivity contribution in [3.63, 3.8) is 0 Å². The number of para-hydroxylation sites is 1. The summed E-state index contributed by atoms with van der Waals surface area (Å²) in [7, 11) is 0. The number of nitrogens with zero attached hydrogens (tertiary/aromatic N) is 4. The van der Waals surface area contributed by atoms with Gasteiger partial charge in [-0.2, -0.15) is 0 Å². The van der Waals surface area contributed by atoms with Crippen LogP contribution in [0.2, 0.25) is 0 Å². The number of aromatic nitrogens is 3. The molecule has 2 aromatic carbocycles. The molecule has 3 aromatic rings. The lowest BCUT2D eigenvalue weighted by molar-refractivity contribution is -0.117. The highest BCUT2D eigenvalue weighted by Gasteiger charge is 2.50. The molecule has 118 valence electrons. The Morgan fingerprint density at radius 2 is 1.79 bits per heavy atom. The van der Waals surface area contributed by atoms with E-state index in [0.717, 1.165) is 29.1 Å². The fourth-order valence-corrected chi connectivity index (χ4v) is 3.82. The number of fused-ring (bicyclic) bond motifs is 6. The maximum atomic E-state index is 12.5. The van der Waals surface area contributed by atoms with E-state index in [1.807, 2.05) is 64.2 Å². The average Bonchev–Trinajstić information content (AvgIpc) is 3.19. The number of benzene rings is 2. The zero-order chi connectivity index (χ0) is 16.3. The number of rotatable bonds is 1. The second-order valence-corrected chi connectivity index (χ2v) is 6.50. The maximum Gasteiger partial charge on any atom is 0.229 e. The Balaban J connectivity index is 1.80. The largest absolute Gasteiger partial charge is 0.286 e. The van der Waals surface area contributed by atoms with Gasteiger partial charge in [-0.15, -0.1) is 5.10 Å². The Bertz CT molecular complexity index is 963. The van der Waals surface area contributed by atoms with Gasteiger partial charge < -0.3 is 0 Å². The molecule has 3 heterocycles. The first-order chi connectivity index (χ1) is 11.7. The van der Waals surface area contributed by atoms with Crippen LogP contribution in [0.4, 0.5) is 5.69 Å². The van der Waals surface area contributed by atoms with Crippen molar-refractivity contribution in [2.45, 2.75) is 25.4 Å². The van der Waals surface area contributed by atoms with Gasteiger partial charge in [-0.3, -0.25) is 9.69 Å². The van der Waals surface area contributed by atoms with Gasteiger partial charge in [0.15, 0.2) is 11.6 Å². The van der Waals surface area contributed by atoms with Gasteiger partial charge in [0.1, 0.15) is 5.66 Å². The van der Waals surface area contributed by atoms with Crippen LogP contribution >= 0.6 is 0 Å². The van der Waals surface area contributed by atoms with Crippen molar-refractivity contribution in [1.82, 2.24) is 14.8 Å². The van der Waals surface area contributed by atoms with E-state index >= 15 is 0 Å². The third-order valence-electron chi connectivity index (χ3n) is 5.02. The predicted octanol–water partition coefficient (Wildman–Crippen LogP) is 3.43. The lowest BCUT2D eigenvalue weighted by atomic mass is 10.0. The molecule has 2 aliphatic heterocycles. The third kappa shape index (κ3) is 1.61. The topological polar surface area (TPSA) is 51.0 Å². The SMILES string of the molecule is CC12CCC(=O)N1c1ccccc1-c1nc(-c3ccccc3)nn12. The summed E-state index contributed by atoms with van der Waals surface area (Å²) >= 11 is 0. The van der Waals surface area contributed by atoms with Gasteiger partial charge in [0.05, 0.1) is 5.69 Å². The zero-order valence-electron chi connectivity index (χ0n) is 13.3. The molecule has 1 unspecified atom stereocenters. The summed E-state index contributed by atoms with van der Waals surface area (Å²) in [5.74, 6) is 1.67. The Morgan fingerprint density at radius 1 is 1.04 bits per heavy atom. The van der Waals surface area contributed by atoms with Crippen LogP contribution in [0.15, 0.2) is 54.6 Å². The van der Waals surface area contributed by atoms with Gasteiger partial charge in [0, 0.05) is 24.0 Å². The number of amides is 1. The summed E-state index contributed by atoms with van der Waals surface area (Å²) in [6.45, 7) is 2.07. The van der Waals surface area contributed by atoms with Gasteiger partial charge in [0.2, 0.25) is 5.91 Å². The van der Waals surface area contributed by atoms with E-state index in [0.29, 0.717) is 12.2 Å². The lowest BCUT2D eigenvalue weighted by Crippen LogP contribution is -2.49. The van der Waals surface area contributed by atoms with Crippen molar-refractivity contribution in [3.05, 3.63) is 54.6 Å². The Kier molecular flexibility index (Phi) is 2.55. The van der Waals surface area contributed by atoms with Crippen molar-refractivity contribution < 1.29 is 4.79 Å². The van der Waals surface area contributed by atoms with Crippen LogP contribution in [0.1, 0.15) is 19.8 Å². The maximum absolute atomic E-state index is 12.5. The molecule has 24 heavy (non-hydrogen) atoms. The summed E-state index contributed by atoms with van der Waals surface area (Å²) in [5.41, 5.74) is 2.39. The molecule has 1 aromatic heterocycles. The van der Waals surface area contributed by atoms with E-state index in [9.17, 15) is 4.79 Å². The molecule has 0 radical (unpaired) electrons. The second-order valence-electron chi connectivity index (χ2n) is 6.50. The van der Waals surface area contributed by atoms with Crippen molar-refractivity contribution in [1.29, 1.82) is 0 Å². The molecular weight excluding hydrogens is 300 g/mol. The molecule has 0 saturated carbocycles. The Hall–Kier alpha value is -2.95. The Labute approximate surface area is 139 Å². The molecular formula is C19H16N4O. The van der Waals surface area contributed by atoms with Gasteiger partial charge >= 0.3 is 0 Å². The van der Waals surface area contributed by atoms with E-state index in [4.69, 9.17) is 10.1 Å². The minimum atomic E-state index is -0.485. The van der Waals surface area contributed by atoms with Gasteiger partial charge in [0.25, 0.3) is 0 Å². The van der Waals surface area contributed by atoms with Crippen molar-refractivity contribution >= 4 is 11.6 Å². The monoisotopic (exact) mass is 316 g/mol. The molecule has 5 rings (SSSR count). The average molecular weight is 316 g/mol. The summed E-state index contributed by atoms with van der Waals surface area (Å²) < 4.78 is 1.93. The highest BCUT2D eigenvalue weighted by Crippen LogP contribution is 2.48. The smallest absolute Gasteiger partial charge is 0.229 e. The van der Waals surface area contributed by atoms with Crippen LogP contribution in [-0.2, 0) is 10.5 Å². The third-order valence-corrected chi connectivity index (χ3v) is 5.02. The normalized spacial score (nSPS) is 21.4. The standard InChI is InChI=1S/C19H16N4O/c1-19-12-11-16(24)22(19)15-10-6-5-9-14(15)18-20-17(21-23(18)19)13-7-3-2-4-8-13/h2-10H,11-12H2,1H3. The van der Waals surface area contributed by atoms with E-state index in [2.05, 4.69) is 6.92 Å². The highest BCUT2D eigenvalue weighted by atomic mass is 16.2. The molecule has 0 aliphatic carbocycles. The van der Waals surface area contributed by atoms with Crippen LogP contribution in [0.3, 0.4) is 0 Å². The first-order valence-corrected chi connectivity index (χ1v) is 8.14. The van der Waals surface area contributed by atoms with E-state index < -0.39 is 5.66 Å². The lowest BCUT2D eigenvalue weighted by Gasteiger charge is -2.40. The van der Waals surface area contributed by atoms with E-state index in [-0.39, 0.29) is 5.91 Å².